The van der Waals surface area contributed by atoms with Crippen LogP contribution in [0.2, 0.25) is 0 Å². The van der Waals surface area contributed by atoms with E-state index in [1.807, 2.05) is 13.8 Å². The van der Waals surface area contributed by atoms with Gasteiger partial charge in [0.25, 0.3) is 0 Å². The monoisotopic (exact) mass is 352 g/mol. The second kappa shape index (κ2) is 8.60. The molecule has 0 unspecified atom stereocenters. The summed E-state index contributed by atoms with van der Waals surface area (Å²) in [4.78, 5) is 35.4. The Morgan fingerprint density at radius 1 is 1.16 bits per heavy atom. The quantitative estimate of drug-likeness (QED) is 0.665. The SMILES string of the molecule is CC(C)C[C@H](NC(=O)CNC(=O)C(C)(C)c1ccc(F)cc1)C(=O)O. The highest BCUT2D eigenvalue weighted by molar-refractivity contribution is 5.92. The molecule has 0 bridgehead atoms. The topological polar surface area (TPSA) is 95.5 Å². The summed E-state index contributed by atoms with van der Waals surface area (Å²) in [6.07, 6.45) is 0.302. The summed E-state index contributed by atoms with van der Waals surface area (Å²) in [5, 5.41) is 14.0. The summed E-state index contributed by atoms with van der Waals surface area (Å²) >= 11 is 0. The molecular formula is C18H25FN2O4. The Kier molecular flexibility index (Phi) is 7.09. The molecule has 0 aromatic heterocycles. The van der Waals surface area contributed by atoms with Gasteiger partial charge in [-0.1, -0.05) is 26.0 Å². The third kappa shape index (κ3) is 6.17. The van der Waals surface area contributed by atoms with Crippen LogP contribution in [0.1, 0.15) is 39.7 Å². The first-order valence-corrected chi connectivity index (χ1v) is 8.10. The highest BCUT2D eigenvalue weighted by Crippen LogP contribution is 2.23. The molecule has 0 aliphatic carbocycles. The van der Waals surface area contributed by atoms with Crippen molar-refractivity contribution in [3.8, 4) is 0 Å². The molecule has 2 amide bonds. The molecular weight excluding hydrogens is 327 g/mol. The number of carboxylic acid groups (broad SMARTS) is 1. The second-order valence-electron chi connectivity index (χ2n) is 6.90. The lowest BCUT2D eigenvalue weighted by molar-refractivity contribution is -0.142. The molecule has 138 valence electrons. The van der Waals surface area contributed by atoms with Gasteiger partial charge < -0.3 is 15.7 Å². The molecule has 0 heterocycles. The van der Waals surface area contributed by atoms with Gasteiger partial charge in [0.2, 0.25) is 11.8 Å². The van der Waals surface area contributed by atoms with Crippen LogP contribution in [0.4, 0.5) is 4.39 Å². The Morgan fingerprint density at radius 2 is 1.72 bits per heavy atom. The van der Waals surface area contributed by atoms with E-state index in [1.165, 1.54) is 24.3 Å². The second-order valence-corrected chi connectivity index (χ2v) is 6.90. The Morgan fingerprint density at radius 3 is 2.20 bits per heavy atom. The molecule has 0 saturated heterocycles. The van der Waals surface area contributed by atoms with Gasteiger partial charge in [-0.3, -0.25) is 9.59 Å². The van der Waals surface area contributed by atoms with Crippen LogP contribution in [0.25, 0.3) is 0 Å². The van der Waals surface area contributed by atoms with Gasteiger partial charge in [0.15, 0.2) is 0 Å². The van der Waals surface area contributed by atoms with Gasteiger partial charge in [-0.05, 0) is 43.9 Å². The average molecular weight is 352 g/mol. The third-order valence-electron chi connectivity index (χ3n) is 3.88. The molecule has 0 saturated carbocycles. The minimum Gasteiger partial charge on any atom is -0.480 e. The highest BCUT2D eigenvalue weighted by Gasteiger charge is 2.30. The zero-order valence-electron chi connectivity index (χ0n) is 14.9. The van der Waals surface area contributed by atoms with Crippen molar-refractivity contribution in [1.29, 1.82) is 0 Å². The number of carbonyl (C=O) groups is 3. The lowest BCUT2D eigenvalue weighted by Crippen LogP contribution is -2.48. The molecule has 1 rings (SSSR count). The summed E-state index contributed by atoms with van der Waals surface area (Å²) < 4.78 is 13.0. The fourth-order valence-electron chi connectivity index (χ4n) is 2.32. The number of nitrogens with one attached hydrogen (secondary N) is 2. The largest absolute Gasteiger partial charge is 0.480 e. The summed E-state index contributed by atoms with van der Waals surface area (Å²) in [5.74, 6) is -2.39. The summed E-state index contributed by atoms with van der Waals surface area (Å²) in [6.45, 7) is 6.70. The summed E-state index contributed by atoms with van der Waals surface area (Å²) in [7, 11) is 0. The van der Waals surface area contributed by atoms with E-state index in [-0.39, 0.29) is 12.5 Å². The van der Waals surface area contributed by atoms with Crippen LogP contribution in [0.5, 0.6) is 0 Å². The van der Waals surface area contributed by atoms with Gasteiger partial charge in [0.1, 0.15) is 11.9 Å². The Balaban J connectivity index is 2.63. The maximum Gasteiger partial charge on any atom is 0.326 e. The molecule has 0 aliphatic rings. The number of carbonyl (C=O) groups excluding carboxylic acids is 2. The standard InChI is InChI=1S/C18H25FN2O4/c1-11(2)9-14(16(23)24)21-15(22)10-20-17(25)18(3,4)12-5-7-13(19)8-6-12/h5-8,11,14H,9-10H2,1-4H3,(H,20,25)(H,21,22)(H,23,24)/t14-/m0/s1. The van der Waals surface area contributed by atoms with Gasteiger partial charge >= 0.3 is 5.97 Å². The maximum atomic E-state index is 13.0. The van der Waals surface area contributed by atoms with E-state index in [9.17, 15) is 18.8 Å². The first-order valence-electron chi connectivity index (χ1n) is 8.10. The normalized spacial score (nSPS) is 12.6. The molecule has 0 aliphatic heterocycles. The molecule has 7 heteroatoms. The molecule has 0 spiro atoms. The van der Waals surface area contributed by atoms with Crippen LogP contribution >= 0.6 is 0 Å². The molecule has 1 aromatic carbocycles. The zero-order chi connectivity index (χ0) is 19.2. The zero-order valence-corrected chi connectivity index (χ0v) is 14.9. The van der Waals surface area contributed by atoms with E-state index in [1.54, 1.807) is 13.8 Å². The Hall–Kier alpha value is -2.44. The fraction of sp³-hybridized carbons (Fsp3) is 0.500. The average Bonchev–Trinajstić information content (AvgIpc) is 2.51. The fourth-order valence-corrected chi connectivity index (χ4v) is 2.32. The van der Waals surface area contributed by atoms with E-state index >= 15 is 0 Å². The lowest BCUT2D eigenvalue weighted by atomic mass is 9.83. The van der Waals surface area contributed by atoms with Crippen LogP contribution in [0, 0.1) is 11.7 Å². The number of hydrogen-bond acceptors (Lipinski definition) is 3. The molecule has 0 fully saturated rings. The number of halogens is 1. The van der Waals surface area contributed by atoms with Crippen molar-refractivity contribution in [3.63, 3.8) is 0 Å². The van der Waals surface area contributed by atoms with Crippen LogP contribution in [-0.2, 0) is 19.8 Å². The van der Waals surface area contributed by atoms with Crippen molar-refractivity contribution in [2.45, 2.75) is 45.6 Å². The Labute approximate surface area is 146 Å². The summed E-state index contributed by atoms with van der Waals surface area (Å²) in [5.41, 5.74) is -0.354. The smallest absolute Gasteiger partial charge is 0.326 e. The van der Waals surface area contributed by atoms with E-state index < -0.39 is 35.1 Å². The molecule has 25 heavy (non-hydrogen) atoms. The minimum absolute atomic E-state index is 0.105. The number of hydrogen-bond donors (Lipinski definition) is 3. The van der Waals surface area contributed by atoms with Crippen molar-refractivity contribution < 1.29 is 23.9 Å². The molecule has 0 radical (unpaired) electrons. The van der Waals surface area contributed by atoms with E-state index in [0.29, 0.717) is 12.0 Å². The van der Waals surface area contributed by atoms with Crippen molar-refractivity contribution in [2.75, 3.05) is 6.54 Å². The molecule has 6 nitrogen and oxygen atoms in total. The van der Waals surface area contributed by atoms with Crippen LogP contribution in [-0.4, -0.2) is 35.5 Å². The van der Waals surface area contributed by atoms with Crippen molar-refractivity contribution in [3.05, 3.63) is 35.6 Å². The number of carboxylic acids is 1. The van der Waals surface area contributed by atoms with E-state index in [4.69, 9.17) is 5.11 Å². The van der Waals surface area contributed by atoms with Crippen molar-refractivity contribution in [2.24, 2.45) is 5.92 Å². The summed E-state index contributed by atoms with van der Waals surface area (Å²) in [6, 6.07) is 4.56. The molecule has 3 N–H and O–H groups in total. The van der Waals surface area contributed by atoms with Crippen LogP contribution in [0.15, 0.2) is 24.3 Å². The number of aliphatic carboxylic acids is 1. The predicted octanol–water partition coefficient (Wildman–Crippen LogP) is 1.83. The first-order chi connectivity index (χ1) is 11.5. The third-order valence-corrected chi connectivity index (χ3v) is 3.88. The van der Waals surface area contributed by atoms with Gasteiger partial charge in [-0.15, -0.1) is 0 Å². The Bertz CT molecular complexity index is 626. The number of benzene rings is 1. The number of rotatable bonds is 8. The van der Waals surface area contributed by atoms with Crippen molar-refractivity contribution in [1.82, 2.24) is 10.6 Å². The van der Waals surface area contributed by atoms with Crippen LogP contribution < -0.4 is 10.6 Å². The van der Waals surface area contributed by atoms with E-state index in [0.717, 1.165) is 0 Å². The first kappa shape index (κ1) is 20.6. The van der Waals surface area contributed by atoms with Gasteiger partial charge in [0.05, 0.1) is 12.0 Å². The van der Waals surface area contributed by atoms with Gasteiger partial charge in [0, 0.05) is 0 Å². The predicted molar refractivity (Wildman–Crippen MR) is 91.5 cm³/mol. The van der Waals surface area contributed by atoms with Crippen molar-refractivity contribution >= 4 is 17.8 Å². The highest BCUT2D eigenvalue weighted by atomic mass is 19.1. The van der Waals surface area contributed by atoms with E-state index in [2.05, 4.69) is 10.6 Å². The van der Waals surface area contributed by atoms with Crippen LogP contribution in [0.3, 0.4) is 0 Å². The van der Waals surface area contributed by atoms with Gasteiger partial charge in [-0.25, -0.2) is 9.18 Å². The maximum absolute atomic E-state index is 13.0. The minimum atomic E-state index is -1.11. The van der Waals surface area contributed by atoms with Gasteiger partial charge in [-0.2, -0.15) is 0 Å². The molecule has 1 atom stereocenters. The molecule has 1 aromatic rings. The lowest BCUT2D eigenvalue weighted by Gasteiger charge is -2.24. The number of amides is 2.